The summed E-state index contributed by atoms with van der Waals surface area (Å²) in [5.74, 6) is -0.237. The van der Waals surface area contributed by atoms with E-state index in [9.17, 15) is 9.59 Å². The smallest absolute Gasteiger partial charge is 0.331 e. The lowest BCUT2D eigenvalue weighted by Crippen LogP contribution is -2.41. The molecule has 0 unspecified atom stereocenters. The molecule has 1 aliphatic heterocycles. The Balaban J connectivity index is 1.56. The average molecular weight is 416 g/mol. The summed E-state index contributed by atoms with van der Waals surface area (Å²) in [5, 5.41) is 4.90. The topological polar surface area (TPSA) is 64.4 Å². The minimum absolute atomic E-state index is 0.150. The molecule has 1 amide bonds. The maximum Gasteiger partial charge on any atom is 0.331 e. The van der Waals surface area contributed by atoms with Gasteiger partial charge < -0.3 is 9.64 Å². The second-order valence-electron chi connectivity index (χ2n) is 7.46. The largest absolute Gasteiger partial charge is 0.452 e. The third-order valence-electron chi connectivity index (χ3n) is 5.02. The molecule has 2 aromatic rings. The number of benzene rings is 1. The lowest BCUT2D eigenvalue weighted by atomic mass is 10.0. The Morgan fingerprint density at radius 3 is 2.79 bits per heavy atom. The molecule has 6 nitrogen and oxygen atoms in total. The molecule has 0 N–H and O–H groups in total. The van der Waals surface area contributed by atoms with Gasteiger partial charge in [-0.25, -0.2) is 9.48 Å². The monoisotopic (exact) mass is 415 g/mol. The minimum atomic E-state index is -0.574. The van der Waals surface area contributed by atoms with Gasteiger partial charge in [0.25, 0.3) is 5.91 Å². The maximum atomic E-state index is 12.2. The number of carbonyl (C=O) groups is 2. The molecule has 3 rings (SSSR count). The Hall–Kier alpha value is -2.60. The SMILES string of the molecule is Cc1nn(Cc2ccccc2)c(Cl)c1/C=C/C(=O)OCC(=O)N1CCC[C@@H](C)C1. The lowest BCUT2D eigenvalue weighted by molar-refractivity contribution is -0.149. The fourth-order valence-electron chi connectivity index (χ4n) is 3.46. The molecule has 29 heavy (non-hydrogen) atoms. The quantitative estimate of drug-likeness (QED) is 0.533. The molecule has 7 heteroatoms. The summed E-state index contributed by atoms with van der Waals surface area (Å²) in [6, 6.07) is 9.88. The Bertz CT molecular complexity index is 892. The molecule has 0 bridgehead atoms. The van der Waals surface area contributed by atoms with Crippen molar-refractivity contribution in [2.45, 2.75) is 33.2 Å². The number of nitrogens with zero attached hydrogens (tertiary/aromatic N) is 3. The molecular weight excluding hydrogens is 390 g/mol. The highest BCUT2D eigenvalue weighted by Gasteiger charge is 2.21. The van der Waals surface area contributed by atoms with Crippen molar-refractivity contribution in [2.24, 2.45) is 5.92 Å². The van der Waals surface area contributed by atoms with Crippen LogP contribution in [-0.2, 0) is 20.9 Å². The summed E-state index contributed by atoms with van der Waals surface area (Å²) in [6.07, 6.45) is 4.99. The molecule has 1 saturated heterocycles. The normalized spacial score (nSPS) is 16.9. The first-order valence-electron chi connectivity index (χ1n) is 9.83. The van der Waals surface area contributed by atoms with Crippen LogP contribution in [0.4, 0.5) is 0 Å². The van der Waals surface area contributed by atoms with E-state index in [0.29, 0.717) is 28.9 Å². The number of aromatic nitrogens is 2. The number of hydrogen-bond acceptors (Lipinski definition) is 4. The number of piperidine rings is 1. The molecule has 0 spiro atoms. The summed E-state index contributed by atoms with van der Waals surface area (Å²) in [5.41, 5.74) is 2.46. The van der Waals surface area contributed by atoms with Crippen LogP contribution >= 0.6 is 11.6 Å². The Morgan fingerprint density at radius 1 is 1.31 bits per heavy atom. The number of ether oxygens (including phenoxy) is 1. The summed E-state index contributed by atoms with van der Waals surface area (Å²) >= 11 is 6.44. The number of likely N-dealkylation sites (tertiary alicyclic amines) is 1. The second kappa shape index (κ2) is 9.74. The van der Waals surface area contributed by atoms with Crippen molar-refractivity contribution >= 4 is 29.6 Å². The molecule has 0 aliphatic carbocycles. The predicted octanol–water partition coefficient (Wildman–Crippen LogP) is 3.71. The van der Waals surface area contributed by atoms with E-state index in [4.69, 9.17) is 16.3 Å². The number of carbonyl (C=O) groups excluding carboxylic acids is 2. The van der Waals surface area contributed by atoms with Gasteiger partial charge in [-0.15, -0.1) is 0 Å². The van der Waals surface area contributed by atoms with Crippen LogP contribution in [0.3, 0.4) is 0 Å². The van der Waals surface area contributed by atoms with Crippen LogP contribution in [0.15, 0.2) is 36.4 Å². The van der Waals surface area contributed by atoms with E-state index >= 15 is 0 Å². The van der Waals surface area contributed by atoms with Gasteiger partial charge in [-0.05, 0) is 37.3 Å². The van der Waals surface area contributed by atoms with Crippen LogP contribution in [0.1, 0.15) is 36.6 Å². The number of aryl methyl sites for hydroxylation is 1. The zero-order valence-electron chi connectivity index (χ0n) is 16.8. The van der Waals surface area contributed by atoms with E-state index in [0.717, 1.165) is 31.5 Å². The van der Waals surface area contributed by atoms with Crippen LogP contribution < -0.4 is 0 Å². The van der Waals surface area contributed by atoms with Gasteiger partial charge in [-0.1, -0.05) is 48.9 Å². The van der Waals surface area contributed by atoms with Crippen molar-refractivity contribution in [1.82, 2.24) is 14.7 Å². The Labute approximate surface area is 176 Å². The van der Waals surface area contributed by atoms with Crippen molar-refractivity contribution in [3.63, 3.8) is 0 Å². The number of rotatable bonds is 6. The van der Waals surface area contributed by atoms with E-state index in [1.807, 2.05) is 37.3 Å². The predicted molar refractivity (Wildman–Crippen MR) is 112 cm³/mol. The highest BCUT2D eigenvalue weighted by Crippen LogP contribution is 2.22. The summed E-state index contributed by atoms with van der Waals surface area (Å²) in [4.78, 5) is 26.0. The fraction of sp³-hybridized carbons (Fsp3) is 0.409. The van der Waals surface area contributed by atoms with Gasteiger partial charge in [0.2, 0.25) is 0 Å². The molecule has 2 heterocycles. The second-order valence-corrected chi connectivity index (χ2v) is 7.82. The van der Waals surface area contributed by atoms with Crippen LogP contribution in [0, 0.1) is 12.8 Å². The molecule has 154 valence electrons. The van der Waals surface area contributed by atoms with Gasteiger partial charge in [0.15, 0.2) is 6.61 Å². The zero-order chi connectivity index (χ0) is 20.8. The zero-order valence-corrected chi connectivity index (χ0v) is 17.6. The maximum absolute atomic E-state index is 12.2. The van der Waals surface area contributed by atoms with Crippen LogP contribution in [0.2, 0.25) is 5.15 Å². The van der Waals surface area contributed by atoms with Crippen molar-refractivity contribution in [1.29, 1.82) is 0 Å². The van der Waals surface area contributed by atoms with Gasteiger partial charge in [0.05, 0.1) is 12.2 Å². The number of amides is 1. The van der Waals surface area contributed by atoms with Gasteiger partial charge in [-0.3, -0.25) is 4.79 Å². The van der Waals surface area contributed by atoms with E-state index in [1.54, 1.807) is 15.7 Å². The first kappa shape index (κ1) is 21.1. The number of hydrogen-bond donors (Lipinski definition) is 0. The minimum Gasteiger partial charge on any atom is -0.452 e. The first-order chi connectivity index (χ1) is 13.9. The van der Waals surface area contributed by atoms with E-state index in [2.05, 4.69) is 12.0 Å². The third kappa shape index (κ3) is 5.70. The molecule has 1 aromatic heterocycles. The van der Waals surface area contributed by atoms with Gasteiger partial charge >= 0.3 is 5.97 Å². The Kier molecular flexibility index (Phi) is 7.09. The van der Waals surface area contributed by atoms with E-state index < -0.39 is 5.97 Å². The van der Waals surface area contributed by atoms with Gasteiger partial charge in [0, 0.05) is 24.7 Å². The van der Waals surface area contributed by atoms with Gasteiger partial charge in [0.1, 0.15) is 5.15 Å². The third-order valence-corrected chi connectivity index (χ3v) is 5.42. The summed E-state index contributed by atoms with van der Waals surface area (Å²) in [6.45, 7) is 5.71. The standard InChI is InChI=1S/C22H26ClN3O3/c1-16-7-6-12-25(13-16)20(27)15-29-21(28)11-10-19-17(2)24-26(22(19)23)14-18-8-4-3-5-9-18/h3-5,8-11,16H,6-7,12-15H2,1-2H3/b11-10+/t16-/m1/s1. The highest BCUT2D eigenvalue weighted by molar-refractivity contribution is 6.31. The van der Waals surface area contributed by atoms with Crippen LogP contribution in [0.25, 0.3) is 6.08 Å². The van der Waals surface area contributed by atoms with Crippen LogP contribution in [0.5, 0.6) is 0 Å². The van der Waals surface area contributed by atoms with Crippen molar-refractivity contribution < 1.29 is 14.3 Å². The molecule has 1 aliphatic rings. The highest BCUT2D eigenvalue weighted by atomic mass is 35.5. The molecule has 1 aromatic carbocycles. The van der Waals surface area contributed by atoms with E-state index in [-0.39, 0.29) is 12.5 Å². The van der Waals surface area contributed by atoms with E-state index in [1.165, 1.54) is 6.08 Å². The summed E-state index contributed by atoms with van der Waals surface area (Å²) < 4.78 is 6.80. The number of esters is 1. The Morgan fingerprint density at radius 2 is 2.07 bits per heavy atom. The molecule has 0 radical (unpaired) electrons. The average Bonchev–Trinajstić information content (AvgIpc) is 2.98. The molecule has 0 saturated carbocycles. The number of halogens is 1. The van der Waals surface area contributed by atoms with Gasteiger partial charge in [-0.2, -0.15) is 5.10 Å². The lowest BCUT2D eigenvalue weighted by Gasteiger charge is -2.30. The molecular formula is C22H26ClN3O3. The van der Waals surface area contributed by atoms with Crippen molar-refractivity contribution in [3.8, 4) is 0 Å². The molecule has 1 atom stereocenters. The van der Waals surface area contributed by atoms with Crippen LogP contribution in [-0.4, -0.2) is 46.3 Å². The first-order valence-corrected chi connectivity index (χ1v) is 10.2. The van der Waals surface area contributed by atoms with Crippen molar-refractivity contribution in [3.05, 3.63) is 58.4 Å². The molecule has 1 fully saturated rings. The summed E-state index contributed by atoms with van der Waals surface area (Å²) in [7, 11) is 0. The fourth-order valence-corrected chi connectivity index (χ4v) is 3.75. The van der Waals surface area contributed by atoms with Crippen molar-refractivity contribution in [2.75, 3.05) is 19.7 Å².